The van der Waals surface area contributed by atoms with E-state index in [-0.39, 0.29) is 11.8 Å². The van der Waals surface area contributed by atoms with Gasteiger partial charge in [0, 0.05) is 44.3 Å². The van der Waals surface area contributed by atoms with Gasteiger partial charge in [-0.2, -0.15) is 0 Å². The Hall–Kier alpha value is -2.12. The Bertz CT molecular complexity index is 650. The van der Waals surface area contributed by atoms with Crippen LogP contribution in [-0.4, -0.2) is 67.2 Å². The molecule has 2 heterocycles. The number of piperidine rings is 1. The summed E-state index contributed by atoms with van der Waals surface area (Å²) in [6.07, 6.45) is 2.03. The lowest BCUT2D eigenvalue weighted by Gasteiger charge is -2.34. The van der Waals surface area contributed by atoms with Gasteiger partial charge >= 0.3 is 5.97 Å². The van der Waals surface area contributed by atoms with E-state index in [1.165, 1.54) is 5.69 Å². The van der Waals surface area contributed by atoms with Crippen molar-refractivity contribution in [2.45, 2.75) is 38.8 Å². The maximum absolute atomic E-state index is 12.5. The number of carbonyl (C=O) groups excluding carboxylic acids is 1. The molecule has 1 amide bonds. The first-order chi connectivity index (χ1) is 13.6. The second-order valence-corrected chi connectivity index (χ2v) is 7.69. The van der Waals surface area contributed by atoms with Crippen LogP contribution in [0.1, 0.15) is 31.7 Å². The van der Waals surface area contributed by atoms with E-state index in [0.29, 0.717) is 26.1 Å². The van der Waals surface area contributed by atoms with Crippen molar-refractivity contribution in [3.63, 3.8) is 0 Å². The van der Waals surface area contributed by atoms with Crippen molar-refractivity contribution in [2.24, 2.45) is 5.92 Å². The van der Waals surface area contributed by atoms with Crippen molar-refractivity contribution < 1.29 is 14.7 Å². The Morgan fingerprint density at radius 3 is 2.36 bits per heavy atom. The summed E-state index contributed by atoms with van der Waals surface area (Å²) >= 11 is 0. The van der Waals surface area contributed by atoms with Crippen LogP contribution < -0.4 is 15.5 Å². The maximum atomic E-state index is 12.5. The third kappa shape index (κ3) is 5.23. The SMILES string of the molecule is CCC(C(=O)O)N1CCC(C(=O)NCc2ccc(N3CCNCC3)cc2)CC1. The first-order valence-corrected chi connectivity index (χ1v) is 10.4. The Kier molecular flexibility index (Phi) is 7.28. The smallest absolute Gasteiger partial charge is 0.320 e. The van der Waals surface area contributed by atoms with Gasteiger partial charge in [-0.3, -0.25) is 14.5 Å². The van der Waals surface area contributed by atoms with Crippen LogP contribution in [-0.2, 0) is 16.1 Å². The average molecular weight is 389 g/mol. The third-order valence-electron chi connectivity index (χ3n) is 5.90. The zero-order valence-corrected chi connectivity index (χ0v) is 16.7. The van der Waals surface area contributed by atoms with Gasteiger partial charge in [0.1, 0.15) is 6.04 Å². The molecular formula is C21H32N4O3. The highest BCUT2D eigenvalue weighted by Gasteiger charge is 2.30. The third-order valence-corrected chi connectivity index (χ3v) is 5.90. The van der Waals surface area contributed by atoms with Crippen LogP contribution in [0.5, 0.6) is 0 Å². The van der Waals surface area contributed by atoms with Crippen LogP contribution in [0.4, 0.5) is 5.69 Å². The molecule has 1 unspecified atom stereocenters. The molecule has 7 nitrogen and oxygen atoms in total. The quantitative estimate of drug-likeness (QED) is 0.653. The zero-order valence-electron chi connectivity index (χ0n) is 16.7. The largest absolute Gasteiger partial charge is 0.480 e. The highest BCUT2D eigenvalue weighted by molar-refractivity contribution is 5.79. The second kappa shape index (κ2) is 9.89. The zero-order chi connectivity index (χ0) is 19.9. The molecule has 0 aliphatic carbocycles. The highest BCUT2D eigenvalue weighted by atomic mass is 16.4. The number of rotatable bonds is 7. The van der Waals surface area contributed by atoms with E-state index in [1.807, 2.05) is 11.8 Å². The van der Waals surface area contributed by atoms with Crippen LogP contribution in [0.2, 0.25) is 0 Å². The number of aliphatic carboxylic acids is 1. The van der Waals surface area contributed by atoms with E-state index in [0.717, 1.165) is 44.6 Å². The van der Waals surface area contributed by atoms with Crippen LogP contribution in [0.3, 0.4) is 0 Å². The van der Waals surface area contributed by atoms with Gasteiger partial charge in [0.15, 0.2) is 0 Å². The van der Waals surface area contributed by atoms with Crippen molar-refractivity contribution in [2.75, 3.05) is 44.2 Å². The van der Waals surface area contributed by atoms with Gasteiger partial charge < -0.3 is 20.6 Å². The lowest BCUT2D eigenvalue weighted by Crippen LogP contribution is -2.47. The fraction of sp³-hybridized carbons (Fsp3) is 0.619. The number of carboxylic acids is 1. The number of nitrogens with zero attached hydrogens (tertiary/aromatic N) is 2. The number of piperazine rings is 1. The number of benzene rings is 1. The number of likely N-dealkylation sites (tertiary alicyclic amines) is 1. The summed E-state index contributed by atoms with van der Waals surface area (Å²) in [5.41, 5.74) is 2.33. The van der Waals surface area contributed by atoms with Gasteiger partial charge in [-0.05, 0) is 50.0 Å². The molecule has 7 heteroatoms. The normalized spacial score (nSPS) is 20.0. The Morgan fingerprint density at radius 1 is 1.14 bits per heavy atom. The topological polar surface area (TPSA) is 84.9 Å². The first kappa shape index (κ1) is 20.6. The summed E-state index contributed by atoms with van der Waals surface area (Å²) in [4.78, 5) is 28.2. The number of nitrogens with one attached hydrogen (secondary N) is 2. The van der Waals surface area contributed by atoms with E-state index in [4.69, 9.17) is 0 Å². The molecule has 2 saturated heterocycles. The molecule has 3 N–H and O–H groups in total. The number of carboxylic acid groups (broad SMARTS) is 1. The van der Waals surface area contributed by atoms with Crippen LogP contribution in [0.15, 0.2) is 24.3 Å². The van der Waals surface area contributed by atoms with Gasteiger partial charge in [0.2, 0.25) is 5.91 Å². The van der Waals surface area contributed by atoms with E-state index in [9.17, 15) is 14.7 Å². The van der Waals surface area contributed by atoms with Crippen molar-refractivity contribution in [3.8, 4) is 0 Å². The first-order valence-electron chi connectivity index (χ1n) is 10.4. The minimum absolute atomic E-state index is 0.0253. The summed E-state index contributed by atoms with van der Waals surface area (Å²) in [6, 6.07) is 7.99. The fourth-order valence-corrected chi connectivity index (χ4v) is 4.14. The predicted octanol–water partition coefficient (Wildman–Crippen LogP) is 1.29. The molecule has 2 aliphatic heterocycles. The second-order valence-electron chi connectivity index (χ2n) is 7.69. The monoisotopic (exact) mass is 388 g/mol. The standard InChI is InChI=1S/C21H32N4O3/c1-2-19(21(27)28)25-11-7-17(8-12-25)20(26)23-15-16-3-5-18(6-4-16)24-13-9-22-10-14-24/h3-6,17,19,22H,2,7-15H2,1H3,(H,23,26)(H,27,28). The molecule has 3 rings (SSSR count). The van der Waals surface area contributed by atoms with Crippen molar-refractivity contribution in [1.82, 2.24) is 15.5 Å². The fourth-order valence-electron chi connectivity index (χ4n) is 4.14. The van der Waals surface area contributed by atoms with Crippen molar-refractivity contribution >= 4 is 17.6 Å². The molecule has 0 spiro atoms. The number of anilines is 1. The minimum atomic E-state index is -0.769. The summed E-state index contributed by atoms with van der Waals surface area (Å²) in [6.45, 7) is 7.85. The van der Waals surface area contributed by atoms with E-state index < -0.39 is 12.0 Å². The van der Waals surface area contributed by atoms with Gasteiger partial charge in [0.25, 0.3) is 0 Å². The molecule has 1 aromatic carbocycles. The summed E-state index contributed by atoms with van der Waals surface area (Å²) in [5.74, 6) is -0.716. The molecule has 0 radical (unpaired) electrons. The maximum Gasteiger partial charge on any atom is 0.320 e. The molecule has 28 heavy (non-hydrogen) atoms. The van der Waals surface area contributed by atoms with Gasteiger partial charge in [-0.1, -0.05) is 19.1 Å². The molecule has 0 bridgehead atoms. The number of hydrogen-bond acceptors (Lipinski definition) is 5. The molecule has 2 aliphatic rings. The van der Waals surface area contributed by atoms with E-state index in [1.54, 1.807) is 0 Å². The molecule has 1 atom stereocenters. The van der Waals surface area contributed by atoms with Crippen LogP contribution >= 0.6 is 0 Å². The van der Waals surface area contributed by atoms with Crippen LogP contribution in [0.25, 0.3) is 0 Å². The number of amides is 1. The Morgan fingerprint density at radius 2 is 1.79 bits per heavy atom. The van der Waals surface area contributed by atoms with E-state index in [2.05, 4.69) is 39.8 Å². The average Bonchev–Trinajstić information content (AvgIpc) is 2.74. The minimum Gasteiger partial charge on any atom is -0.480 e. The number of hydrogen-bond donors (Lipinski definition) is 3. The lowest BCUT2D eigenvalue weighted by molar-refractivity contribution is -0.144. The van der Waals surface area contributed by atoms with Gasteiger partial charge in [-0.25, -0.2) is 0 Å². The molecular weight excluding hydrogens is 356 g/mol. The highest BCUT2D eigenvalue weighted by Crippen LogP contribution is 2.21. The summed E-state index contributed by atoms with van der Waals surface area (Å²) in [5, 5.41) is 15.7. The van der Waals surface area contributed by atoms with Gasteiger partial charge in [-0.15, -0.1) is 0 Å². The van der Waals surface area contributed by atoms with Crippen molar-refractivity contribution in [1.29, 1.82) is 0 Å². The van der Waals surface area contributed by atoms with Gasteiger partial charge in [0.05, 0.1) is 0 Å². The predicted molar refractivity (Wildman–Crippen MR) is 109 cm³/mol. The van der Waals surface area contributed by atoms with E-state index >= 15 is 0 Å². The Labute approximate surface area is 167 Å². The van der Waals surface area contributed by atoms with Crippen molar-refractivity contribution in [3.05, 3.63) is 29.8 Å². The molecule has 0 saturated carbocycles. The molecule has 154 valence electrons. The molecule has 2 fully saturated rings. The van der Waals surface area contributed by atoms with Crippen LogP contribution in [0, 0.1) is 5.92 Å². The number of carbonyl (C=O) groups is 2. The summed E-state index contributed by atoms with van der Waals surface area (Å²) < 4.78 is 0. The summed E-state index contributed by atoms with van der Waals surface area (Å²) in [7, 11) is 0. The Balaban J connectivity index is 1.44. The lowest BCUT2D eigenvalue weighted by atomic mass is 9.94. The molecule has 1 aromatic rings. The molecule has 0 aromatic heterocycles.